The fourth-order valence-corrected chi connectivity index (χ4v) is 7.83. The molecule has 15 nitrogen and oxygen atoms in total. The molecule has 2 aliphatic heterocycles. The Morgan fingerprint density at radius 2 is 1.69 bits per heavy atom. The second kappa shape index (κ2) is 18.3. The fraction of sp³-hybridized carbons (Fsp3) is 0.588. The van der Waals surface area contributed by atoms with Gasteiger partial charge in [0.25, 0.3) is 5.91 Å². The molecule has 6 rings (SSSR count). The number of carbonyl (C=O) groups excluding carboxylic acids is 3. The summed E-state index contributed by atoms with van der Waals surface area (Å²) in [7, 11) is 1.86. The summed E-state index contributed by atoms with van der Waals surface area (Å²) >= 11 is 7.79. The molecule has 5 heterocycles. The Hall–Kier alpha value is -3.51. The van der Waals surface area contributed by atoms with Gasteiger partial charge in [-0.1, -0.05) is 11.6 Å². The van der Waals surface area contributed by atoms with Crippen molar-refractivity contribution in [3.8, 4) is 11.3 Å². The molecule has 0 spiro atoms. The van der Waals surface area contributed by atoms with Gasteiger partial charge in [0.05, 0.1) is 67.6 Å². The van der Waals surface area contributed by atoms with E-state index in [4.69, 9.17) is 25.8 Å². The van der Waals surface area contributed by atoms with Crippen molar-refractivity contribution < 1.29 is 28.6 Å². The van der Waals surface area contributed by atoms with E-state index in [-0.39, 0.29) is 24.1 Å². The number of hydrogen-bond donors (Lipinski definition) is 4. The second-order valence-electron chi connectivity index (χ2n) is 12.9. The van der Waals surface area contributed by atoms with Gasteiger partial charge in [-0.25, -0.2) is 9.97 Å². The van der Waals surface area contributed by atoms with Crippen LogP contribution in [0.1, 0.15) is 58.6 Å². The van der Waals surface area contributed by atoms with Crippen LogP contribution in [0.15, 0.2) is 24.7 Å². The van der Waals surface area contributed by atoms with Crippen LogP contribution in [0.4, 0.5) is 5.95 Å². The highest BCUT2D eigenvalue weighted by Gasteiger charge is 2.40. The van der Waals surface area contributed by atoms with Crippen LogP contribution in [0.2, 0.25) is 5.02 Å². The lowest BCUT2D eigenvalue weighted by Crippen LogP contribution is -2.52. The molecule has 51 heavy (non-hydrogen) atoms. The molecule has 1 atom stereocenters. The third kappa shape index (κ3) is 10.3. The van der Waals surface area contributed by atoms with Crippen molar-refractivity contribution in [2.45, 2.75) is 69.7 Å². The number of anilines is 1. The molecule has 3 aliphatic rings. The molecule has 1 unspecified atom stereocenters. The van der Waals surface area contributed by atoms with E-state index in [0.717, 1.165) is 48.2 Å². The van der Waals surface area contributed by atoms with Crippen LogP contribution in [0.3, 0.4) is 0 Å². The minimum Gasteiger partial charge on any atom is -0.378 e. The Balaban J connectivity index is 0.730. The molecule has 3 aromatic heterocycles. The number of aryl methyl sites for hydroxylation is 1. The van der Waals surface area contributed by atoms with Crippen molar-refractivity contribution in [2.24, 2.45) is 7.05 Å². The zero-order valence-corrected chi connectivity index (χ0v) is 30.4. The highest BCUT2D eigenvalue weighted by Crippen LogP contribution is 2.33. The highest BCUT2D eigenvalue weighted by atomic mass is 35.5. The van der Waals surface area contributed by atoms with Gasteiger partial charge >= 0.3 is 0 Å². The monoisotopic (exact) mass is 743 g/mol. The lowest BCUT2D eigenvalue weighted by Gasteiger charge is -2.29. The Bertz CT molecular complexity index is 1650. The van der Waals surface area contributed by atoms with Crippen LogP contribution in [0.25, 0.3) is 11.3 Å². The van der Waals surface area contributed by atoms with Gasteiger partial charge in [-0.15, -0.1) is 11.3 Å². The first-order valence-electron chi connectivity index (χ1n) is 17.6. The number of amides is 3. The normalized spacial score (nSPS) is 20.5. The van der Waals surface area contributed by atoms with Crippen LogP contribution >= 0.6 is 22.9 Å². The minimum atomic E-state index is -0.578. The summed E-state index contributed by atoms with van der Waals surface area (Å²) in [5, 5.41) is 17.5. The Morgan fingerprint density at radius 3 is 2.39 bits per heavy atom. The van der Waals surface area contributed by atoms with E-state index < -0.39 is 6.04 Å². The summed E-state index contributed by atoms with van der Waals surface area (Å²) in [6.07, 6.45) is 10.1. The Labute approximate surface area is 306 Å². The van der Waals surface area contributed by atoms with Gasteiger partial charge in [-0.3, -0.25) is 24.4 Å². The maximum Gasteiger partial charge on any atom is 0.265 e. The summed E-state index contributed by atoms with van der Waals surface area (Å²) in [5.41, 5.74) is 2.49. The first kappa shape index (κ1) is 37.3. The third-order valence-electron chi connectivity index (χ3n) is 9.17. The van der Waals surface area contributed by atoms with Gasteiger partial charge in [-0.2, -0.15) is 5.10 Å². The molecule has 3 aromatic rings. The number of hydrogen-bond acceptors (Lipinski definition) is 13. The molecular weight excluding hydrogens is 698 g/mol. The number of piperidine rings is 1. The number of rotatable bonds is 19. The van der Waals surface area contributed by atoms with Gasteiger partial charge in [-0.05, 0) is 43.7 Å². The first-order valence-corrected chi connectivity index (χ1v) is 18.7. The number of thiophene rings is 1. The van der Waals surface area contributed by atoms with Gasteiger partial charge in [0.2, 0.25) is 17.8 Å². The average Bonchev–Trinajstić information content (AvgIpc) is 3.82. The van der Waals surface area contributed by atoms with Crippen molar-refractivity contribution >= 4 is 46.6 Å². The van der Waals surface area contributed by atoms with Crippen LogP contribution in [0.5, 0.6) is 0 Å². The summed E-state index contributed by atoms with van der Waals surface area (Å²) in [5.74, 6) is -0.211. The number of nitrogens with one attached hydrogen (secondary N) is 4. The number of ether oxygens (including phenoxy) is 3. The van der Waals surface area contributed by atoms with Crippen LogP contribution < -0.4 is 21.3 Å². The predicted molar refractivity (Wildman–Crippen MR) is 191 cm³/mol. The van der Waals surface area contributed by atoms with E-state index in [9.17, 15) is 14.4 Å². The summed E-state index contributed by atoms with van der Waals surface area (Å²) in [6.45, 7) is 5.80. The molecule has 276 valence electrons. The summed E-state index contributed by atoms with van der Waals surface area (Å²) in [6, 6.07) is 2.24. The largest absolute Gasteiger partial charge is 0.378 e. The van der Waals surface area contributed by atoms with E-state index in [2.05, 4.69) is 36.3 Å². The molecular formula is C34H46ClN9O6S. The quantitative estimate of drug-likeness (QED) is 0.105. The van der Waals surface area contributed by atoms with Gasteiger partial charge in [0.15, 0.2) is 0 Å². The fourth-order valence-electron chi connectivity index (χ4n) is 6.53. The molecule has 4 N–H and O–H groups in total. The van der Waals surface area contributed by atoms with E-state index in [1.54, 1.807) is 22.0 Å². The van der Waals surface area contributed by atoms with E-state index >= 15 is 0 Å². The molecule has 1 saturated heterocycles. The maximum absolute atomic E-state index is 12.9. The topological polar surface area (TPSA) is 174 Å². The molecule has 0 aromatic carbocycles. The van der Waals surface area contributed by atoms with Crippen LogP contribution in [0, 0.1) is 0 Å². The molecule has 1 saturated carbocycles. The number of aromatic nitrogens is 4. The lowest BCUT2D eigenvalue weighted by atomic mass is 9.91. The molecule has 2 fully saturated rings. The van der Waals surface area contributed by atoms with Crippen molar-refractivity contribution in [3.63, 3.8) is 0 Å². The Morgan fingerprint density at radius 1 is 0.961 bits per heavy atom. The van der Waals surface area contributed by atoms with Gasteiger partial charge in [0.1, 0.15) is 6.04 Å². The number of imide groups is 1. The standard InChI is InChI=1S/C34H46ClN9O6S/c1-43-20-23(17-39-43)30-27(35)19-38-34(42-30)40-25-4-2-24(3-5-25)37-9-11-49-13-15-50-14-12-48-10-8-36-18-26-16-22-21-44(33(47)31(22)51-26)28-6-7-29(45)41-32(28)46/h16-17,19-20,24-25,28,36-37H,2-15,18,21H2,1H3,(H,38,40,42)(H,41,45,46). The predicted octanol–water partition coefficient (Wildman–Crippen LogP) is 2.51. The molecule has 17 heteroatoms. The maximum atomic E-state index is 12.9. The first-order chi connectivity index (χ1) is 24.8. The van der Waals surface area contributed by atoms with E-state index in [1.165, 1.54) is 11.3 Å². The highest BCUT2D eigenvalue weighted by molar-refractivity contribution is 7.14. The van der Waals surface area contributed by atoms with Crippen LogP contribution in [-0.4, -0.2) is 113 Å². The SMILES string of the molecule is Cn1cc(-c2nc(NC3CCC(NCCOCCOCCOCCNCc4cc5c(s4)C(=O)N(C4CCC(=O)NC4=O)C5)CC3)ncc2Cl)cn1. The number of halogens is 1. The van der Waals surface area contributed by atoms with Gasteiger partial charge < -0.3 is 35.1 Å². The van der Waals surface area contributed by atoms with Crippen molar-refractivity contribution in [1.29, 1.82) is 0 Å². The zero-order chi connectivity index (χ0) is 35.6. The Kier molecular flexibility index (Phi) is 13.4. The van der Waals surface area contributed by atoms with Gasteiger partial charge in [0, 0.05) is 68.4 Å². The third-order valence-corrected chi connectivity index (χ3v) is 10.6. The van der Waals surface area contributed by atoms with Crippen molar-refractivity contribution in [2.75, 3.05) is 58.0 Å². The zero-order valence-electron chi connectivity index (χ0n) is 28.8. The second-order valence-corrected chi connectivity index (χ2v) is 14.5. The summed E-state index contributed by atoms with van der Waals surface area (Å²) < 4.78 is 18.7. The number of nitrogens with zero attached hydrogens (tertiary/aromatic N) is 5. The van der Waals surface area contributed by atoms with Crippen molar-refractivity contribution in [3.05, 3.63) is 45.0 Å². The molecule has 3 amide bonds. The molecule has 0 radical (unpaired) electrons. The molecule has 1 aliphatic carbocycles. The average molecular weight is 744 g/mol. The van der Waals surface area contributed by atoms with E-state index in [1.807, 2.05) is 19.3 Å². The molecule has 0 bridgehead atoms. The summed E-state index contributed by atoms with van der Waals surface area (Å²) in [4.78, 5) is 48.8. The lowest BCUT2D eigenvalue weighted by molar-refractivity contribution is -0.136. The smallest absolute Gasteiger partial charge is 0.265 e. The number of fused-ring (bicyclic) bond motifs is 1. The van der Waals surface area contributed by atoms with Crippen LogP contribution in [-0.2, 0) is 43.9 Å². The number of carbonyl (C=O) groups is 3. The van der Waals surface area contributed by atoms with E-state index in [0.29, 0.717) is 99.3 Å². The minimum absolute atomic E-state index is 0.132. The van der Waals surface area contributed by atoms with Crippen molar-refractivity contribution in [1.82, 2.24) is 40.6 Å².